The monoisotopic (exact) mass is 187 g/mol. The van der Waals surface area contributed by atoms with Crippen LogP contribution in [0.2, 0.25) is 0 Å². The Hall–Kier alpha value is 0.568. The standard InChI is InChI=1S/C3H5O3.Mo/c1-4-2-6-3-5-1;/h1H,2-3H2;. The van der Waals surface area contributed by atoms with Crippen LogP contribution in [0.25, 0.3) is 0 Å². The van der Waals surface area contributed by atoms with E-state index in [1.165, 1.54) is 0 Å². The first-order chi connectivity index (χ1) is 3.39. The van der Waals surface area contributed by atoms with Gasteiger partial charge in [-0.2, -0.15) is 0 Å². The van der Waals surface area contributed by atoms with Crippen molar-refractivity contribution in [2.24, 2.45) is 0 Å². The summed E-state index contributed by atoms with van der Waals surface area (Å²) in [6, 6.07) is 0. The zero-order valence-corrected chi connectivity index (χ0v) is 5.63. The van der Waals surface area contributed by atoms with E-state index < -0.39 is 0 Å². The van der Waals surface area contributed by atoms with Crippen molar-refractivity contribution < 1.29 is 34.0 Å². The predicted octanol–water partition coefficient (Wildman–Crippen LogP) is -0.205. The molecule has 0 N–H and O–H groups in total. The molecule has 4 heteroatoms. The van der Waals surface area contributed by atoms with Gasteiger partial charge >= 0.3 is 52.3 Å². The molecule has 0 amide bonds. The van der Waals surface area contributed by atoms with Crippen molar-refractivity contribution in [2.45, 2.75) is 4.68 Å². The average molecular weight is 185 g/mol. The normalized spacial score (nSPS) is 25.1. The Kier molecular flexibility index (Phi) is 2.26. The van der Waals surface area contributed by atoms with Crippen molar-refractivity contribution >= 4 is 0 Å². The van der Waals surface area contributed by atoms with E-state index >= 15 is 0 Å². The van der Waals surface area contributed by atoms with Crippen LogP contribution in [0, 0.1) is 0 Å². The van der Waals surface area contributed by atoms with Crippen LogP contribution in [0.3, 0.4) is 0 Å². The van der Waals surface area contributed by atoms with Gasteiger partial charge in [0, 0.05) is 0 Å². The maximum absolute atomic E-state index is 4.84. The van der Waals surface area contributed by atoms with Crippen LogP contribution < -0.4 is 0 Å². The van der Waals surface area contributed by atoms with Crippen LogP contribution in [-0.4, -0.2) is 18.3 Å². The van der Waals surface area contributed by atoms with Crippen molar-refractivity contribution in [3.05, 3.63) is 0 Å². The van der Waals surface area contributed by atoms with E-state index in [9.17, 15) is 0 Å². The van der Waals surface area contributed by atoms with Crippen LogP contribution >= 0.6 is 0 Å². The molecule has 0 bridgehead atoms. The van der Waals surface area contributed by atoms with Gasteiger partial charge in [-0.3, -0.25) is 0 Å². The Morgan fingerprint density at radius 3 is 2.14 bits per heavy atom. The van der Waals surface area contributed by atoms with Gasteiger partial charge in [0.25, 0.3) is 0 Å². The van der Waals surface area contributed by atoms with Gasteiger partial charge in [-0.15, -0.1) is 0 Å². The Morgan fingerprint density at radius 1 is 1.29 bits per heavy atom. The second-order valence-electron chi connectivity index (χ2n) is 1.06. The van der Waals surface area contributed by atoms with Crippen molar-refractivity contribution in [2.75, 3.05) is 13.6 Å². The Labute approximate surface area is 52.8 Å². The summed E-state index contributed by atoms with van der Waals surface area (Å²) in [6.07, 6.45) is 0. The minimum atomic E-state index is -0.0791. The molecule has 0 atom stereocenters. The van der Waals surface area contributed by atoms with Gasteiger partial charge in [-0.25, -0.2) is 0 Å². The molecule has 0 spiro atoms. The molecule has 0 unspecified atom stereocenters. The molecule has 1 aliphatic rings. The zero-order valence-electron chi connectivity index (χ0n) is 3.62. The van der Waals surface area contributed by atoms with Gasteiger partial charge in [0.2, 0.25) is 0 Å². The van der Waals surface area contributed by atoms with Crippen molar-refractivity contribution in [1.29, 1.82) is 0 Å². The molecule has 1 heterocycles. The summed E-state index contributed by atoms with van der Waals surface area (Å²) >= 11 is 1.77. The van der Waals surface area contributed by atoms with E-state index in [0.717, 1.165) is 0 Å². The average Bonchev–Trinajstić information content (AvgIpc) is 1.69. The summed E-state index contributed by atoms with van der Waals surface area (Å²) in [5.41, 5.74) is 0. The van der Waals surface area contributed by atoms with Gasteiger partial charge in [0.1, 0.15) is 0 Å². The topological polar surface area (TPSA) is 27.7 Å². The fourth-order valence-corrected chi connectivity index (χ4v) is 0.563. The molecule has 1 aliphatic heterocycles. The van der Waals surface area contributed by atoms with Crippen molar-refractivity contribution in [3.8, 4) is 0 Å². The van der Waals surface area contributed by atoms with Crippen LogP contribution in [0.1, 0.15) is 0 Å². The third-order valence-corrected chi connectivity index (χ3v) is 1.24. The quantitative estimate of drug-likeness (QED) is 0.489. The maximum atomic E-state index is 4.84. The first kappa shape index (κ1) is 5.70. The van der Waals surface area contributed by atoms with E-state index in [1.807, 2.05) is 0 Å². The molecular weight excluding hydrogens is 180 g/mol. The van der Waals surface area contributed by atoms with Gasteiger partial charge in [-0.1, -0.05) is 0 Å². The minimum absolute atomic E-state index is 0.0791. The summed E-state index contributed by atoms with van der Waals surface area (Å²) in [5, 5.41) is 0. The molecule has 1 rings (SSSR count). The van der Waals surface area contributed by atoms with Gasteiger partial charge < -0.3 is 0 Å². The number of hydrogen-bond donors (Lipinski definition) is 0. The Morgan fingerprint density at radius 2 is 1.86 bits per heavy atom. The molecule has 0 aromatic carbocycles. The molecule has 1 fully saturated rings. The van der Waals surface area contributed by atoms with Gasteiger partial charge in [0.15, 0.2) is 0 Å². The molecule has 0 aromatic rings. The molecular formula is C3H5MoO3. The Balaban J connectivity index is 2.12. The summed E-state index contributed by atoms with van der Waals surface area (Å²) in [7, 11) is 0. The van der Waals surface area contributed by atoms with Crippen molar-refractivity contribution in [3.63, 3.8) is 0 Å². The SMILES string of the molecule is [Mo][CH]1OCOCO1. The third kappa shape index (κ3) is 1.87. The summed E-state index contributed by atoms with van der Waals surface area (Å²) in [5.74, 6) is 0. The van der Waals surface area contributed by atoms with Crippen LogP contribution in [0.15, 0.2) is 0 Å². The number of rotatable bonds is 0. The van der Waals surface area contributed by atoms with E-state index in [0.29, 0.717) is 13.6 Å². The summed E-state index contributed by atoms with van der Waals surface area (Å²) < 4.78 is 14.3. The number of hydrogen-bond acceptors (Lipinski definition) is 3. The predicted molar refractivity (Wildman–Crippen MR) is 16.8 cm³/mol. The number of ether oxygens (including phenoxy) is 3. The van der Waals surface area contributed by atoms with Crippen LogP contribution in [-0.2, 0) is 34.0 Å². The van der Waals surface area contributed by atoms with Crippen molar-refractivity contribution in [1.82, 2.24) is 0 Å². The summed E-state index contributed by atoms with van der Waals surface area (Å²) in [4.78, 5) is 0. The van der Waals surface area contributed by atoms with Gasteiger partial charge in [-0.05, 0) is 0 Å². The fraction of sp³-hybridized carbons (Fsp3) is 1.00. The molecule has 3 nitrogen and oxygen atoms in total. The second kappa shape index (κ2) is 2.77. The molecule has 0 aromatic heterocycles. The first-order valence-corrected chi connectivity index (χ1v) is 3.02. The molecule has 0 aliphatic carbocycles. The Bertz CT molecular complexity index is 52.1. The second-order valence-corrected chi connectivity index (χ2v) is 2.01. The van der Waals surface area contributed by atoms with E-state index in [4.69, 9.17) is 14.2 Å². The summed E-state index contributed by atoms with van der Waals surface area (Å²) in [6.45, 7) is 0.730. The molecule has 41 valence electrons. The van der Waals surface area contributed by atoms with Crippen LogP contribution in [0.4, 0.5) is 0 Å². The van der Waals surface area contributed by atoms with Gasteiger partial charge in [0.05, 0.1) is 0 Å². The molecule has 7 heavy (non-hydrogen) atoms. The van der Waals surface area contributed by atoms with Crippen LogP contribution in [0.5, 0.6) is 0 Å². The third-order valence-electron chi connectivity index (χ3n) is 0.575. The van der Waals surface area contributed by atoms with E-state index in [2.05, 4.69) is 0 Å². The zero-order chi connectivity index (χ0) is 5.11. The van der Waals surface area contributed by atoms with E-state index in [1.54, 1.807) is 19.8 Å². The molecule has 0 saturated carbocycles. The first-order valence-electron chi connectivity index (χ1n) is 1.86. The molecule has 1 saturated heterocycles. The molecule has 0 radical (unpaired) electrons. The van der Waals surface area contributed by atoms with E-state index in [-0.39, 0.29) is 4.68 Å². The fourth-order valence-electron chi connectivity index (χ4n) is 0.289.